The molecule has 2 aromatic rings. The molecule has 0 spiro atoms. The summed E-state index contributed by atoms with van der Waals surface area (Å²) in [5, 5.41) is 17.1. The standard InChI is InChI=1S/C21H31B2N6.C5H12O2.Pd/c1-24(2)18-11-9-13-20(15-18)28-17-29(23(27(7)8)22(28)26(5)6)21-14-10-12-19(16-21)25(3)4;1-4(6)3-5(2)7;/h9-13,15-16H,1-8H3;4-7H,3H2,1-2H3;/q-1;;. The van der Waals surface area contributed by atoms with Crippen molar-refractivity contribution >= 4 is 40.7 Å². The molecule has 1 saturated heterocycles. The van der Waals surface area contributed by atoms with E-state index in [0.717, 1.165) is 21.3 Å². The van der Waals surface area contributed by atoms with Gasteiger partial charge in [-0.05, 0) is 20.3 Å². The van der Waals surface area contributed by atoms with Gasteiger partial charge in [0.05, 0.1) is 12.2 Å². The second-order valence-corrected chi connectivity index (χ2v) is 11.1. The van der Waals surface area contributed by atoms with E-state index in [2.05, 4.69) is 147 Å². The second-order valence-electron chi connectivity index (χ2n) is 10.4. The van der Waals surface area contributed by atoms with Gasteiger partial charge in [-0.2, -0.15) is 0 Å². The van der Waals surface area contributed by atoms with Crippen LogP contribution in [0, 0.1) is 6.07 Å². The number of anilines is 4. The topological polar surface area (TPSA) is 59.9 Å². The summed E-state index contributed by atoms with van der Waals surface area (Å²) in [6, 6.07) is 18.4. The summed E-state index contributed by atoms with van der Waals surface area (Å²) in [4.78, 5) is 13.5. The van der Waals surface area contributed by atoms with Crippen molar-refractivity contribution in [3.63, 3.8) is 0 Å². The normalized spacial score (nSPS) is 15.3. The van der Waals surface area contributed by atoms with Gasteiger partial charge in [0.25, 0.3) is 0 Å². The van der Waals surface area contributed by atoms with Crippen molar-refractivity contribution in [2.75, 3.05) is 75.8 Å². The van der Waals surface area contributed by atoms with Gasteiger partial charge < -0.3 is 10.2 Å². The zero-order chi connectivity index (χ0) is 28.0. The van der Waals surface area contributed by atoms with Gasteiger partial charge in [0.2, 0.25) is 0 Å². The SMILES string of the molecule is CC(O)CC(C)O.CN(C)B1B(N(C)C)N(c2cccc(N(C)C)c2)[C](=[Pd])N1c1[c-]ccc(N(C)C)c1. The molecule has 1 aliphatic rings. The third kappa shape index (κ3) is 8.06. The molecular formula is C26H43B2N6O2Pd-. The van der Waals surface area contributed by atoms with Crippen LogP contribution in [0.1, 0.15) is 20.3 Å². The molecule has 0 radical (unpaired) electrons. The Balaban J connectivity index is 0.000000604. The molecule has 11 heteroatoms. The molecule has 206 valence electrons. The van der Waals surface area contributed by atoms with E-state index in [9.17, 15) is 0 Å². The Hall–Kier alpha value is -1.86. The van der Waals surface area contributed by atoms with Crippen LogP contribution in [0.4, 0.5) is 22.7 Å². The van der Waals surface area contributed by atoms with Gasteiger partial charge in [0.1, 0.15) is 0 Å². The van der Waals surface area contributed by atoms with Gasteiger partial charge in [-0.25, -0.2) is 0 Å². The molecule has 0 aromatic heterocycles. The summed E-state index contributed by atoms with van der Waals surface area (Å²) >= 11 is 3.60. The number of aliphatic hydroxyl groups is 2. The van der Waals surface area contributed by atoms with E-state index in [1.807, 2.05) is 6.07 Å². The monoisotopic (exact) mass is 599 g/mol. The summed E-state index contributed by atoms with van der Waals surface area (Å²) < 4.78 is 1.04. The molecule has 8 nitrogen and oxygen atoms in total. The first-order valence-electron chi connectivity index (χ1n) is 12.5. The zero-order valence-corrected chi connectivity index (χ0v) is 25.5. The van der Waals surface area contributed by atoms with E-state index in [0.29, 0.717) is 6.42 Å². The maximum atomic E-state index is 8.56. The Kier molecular flexibility index (Phi) is 11.7. The summed E-state index contributed by atoms with van der Waals surface area (Å²) in [6.07, 6.45) is -0.278. The van der Waals surface area contributed by atoms with Gasteiger partial charge >= 0.3 is 193 Å². The molecule has 2 unspecified atom stereocenters. The van der Waals surface area contributed by atoms with Gasteiger partial charge in [-0.15, -0.1) is 0 Å². The van der Waals surface area contributed by atoms with Crippen molar-refractivity contribution in [3.8, 4) is 0 Å². The van der Waals surface area contributed by atoms with Crippen LogP contribution in [0.3, 0.4) is 0 Å². The Morgan fingerprint density at radius 1 is 0.811 bits per heavy atom. The summed E-state index contributed by atoms with van der Waals surface area (Å²) in [7, 11) is 16.8. The maximum absolute atomic E-state index is 8.56. The van der Waals surface area contributed by atoms with Gasteiger partial charge in [0.15, 0.2) is 0 Å². The average Bonchev–Trinajstić information content (AvgIpc) is 3.12. The van der Waals surface area contributed by atoms with E-state index in [-0.39, 0.29) is 26.0 Å². The van der Waals surface area contributed by atoms with Crippen molar-refractivity contribution in [2.24, 2.45) is 0 Å². The molecule has 0 bridgehead atoms. The first kappa shape index (κ1) is 31.4. The van der Waals surface area contributed by atoms with Gasteiger partial charge in [-0.1, -0.05) is 0 Å². The van der Waals surface area contributed by atoms with E-state index in [1.54, 1.807) is 13.8 Å². The second kappa shape index (κ2) is 13.8. The minimum absolute atomic E-state index is 0.0983. The van der Waals surface area contributed by atoms with Crippen LogP contribution >= 0.6 is 0 Å². The van der Waals surface area contributed by atoms with E-state index in [1.165, 1.54) is 5.69 Å². The Morgan fingerprint density at radius 3 is 1.78 bits per heavy atom. The Bertz CT molecular complexity index is 945. The van der Waals surface area contributed by atoms with Crippen LogP contribution in [0.15, 0.2) is 42.5 Å². The molecule has 2 atom stereocenters. The van der Waals surface area contributed by atoms with Gasteiger partial charge in [-0.3, -0.25) is 0 Å². The molecular weight excluding hydrogens is 556 g/mol. The first-order chi connectivity index (χ1) is 17.3. The zero-order valence-electron chi connectivity index (χ0n) is 24.0. The van der Waals surface area contributed by atoms with Crippen molar-refractivity contribution in [1.29, 1.82) is 0 Å². The quantitative estimate of drug-likeness (QED) is 0.353. The molecule has 2 N–H and O–H groups in total. The van der Waals surface area contributed by atoms with E-state index < -0.39 is 0 Å². The number of hydrogen-bond acceptors (Lipinski definition) is 8. The molecule has 1 fully saturated rings. The predicted octanol–water partition coefficient (Wildman–Crippen LogP) is 1.90. The van der Waals surface area contributed by atoms with Crippen molar-refractivity contribution in [1.82, 2.24) is 9.62 Å². The summed E-state index contributed by atoms with van der Waals surface area (Å²) in [6.45, 7) is 3.53. The van der Waals surface area contributed by atoms with E-state index >= 15 is 0 Å². The van der Waals surface area contributed by atoms with Crippen molar-refractivity contribution in [2.45, 2.75) is 32.5 Å². The predicted molar refractivity (Wildman–Crippen MR) is 157 cm³/mol. The number of benzene rings is 2. The number of hydrogen-bond donors (Lipinski definition) is 2. The number of aliphatic hydroxyl groups excluding tert-OH is 2. The molecule has 1 aliphatic heterocycles. The van der Waals surface area contributed by atoms with Gasteiger partial charge in [0, 0.05) is 0 Å². The van der Waals surface area contributed by atoms with Crippen LogP contribution in [0.25, 0.3) is 0 Å². The third-order valence-corrected chi connectivity index (χ3v) is 6.82. The third-order valence-electron chi connectivity index (χ3n) is 6.07. The molecule has 1 heterocycles. The fraction of sp³-hybridized carbons (Fsp3) is 0.500. The molecule has 0 amide bonds. The number of rotatable bonds is 8. The van der Waals surface area contributed by atoms with Crippen LogP contribution in [-0.4, -0.2) is 106 Å². The van der Waals surface area contributed by atoms with Crippen LogP contribution < -0.4 is 19.4 Å². The van der Waals surface area contributed by atoms with E-state index in [4.69, 9.17) is 10.2 Å². The summed E-state index contributed by atoms with van der Waals surface area (Å²) in [5.74, 6) is 0. The van der Waals surface area contributed by atoms with Crippen LogP contribution in [0.5, 0.6) is 0 Å². The molecule has 37 heavy (non-hydrogen) atoms. The molecule has 0 saturated carbocycles. The number of nitrogens with zero attached hydrogens (tertiary/aromatic N) is 6. The molecule has 3 rings (SSSR count). The average molecular weight is 600 g/mol. The van der Waals surface area contributed by atoms with Crippen molar-refractivity contribution < 1.29 is 29.0 Å². The van der Waals surface area contributed by atoms with Crippen molar-refractivity contribution in [3.05, 3.63) is 48.5 Å². The molecule has 0 aliphatic carbocycles. The molecule has 2 aromatic carbocycles. The summed E-state index contributed by atoms with van der Waals surface area (Å²) in [5.41, 5.74) is 4.52. The fourth-order valence-electron chi connectivity index (χ4n) is 4.34. The van der Waals surface area contributed by atoms with Crippen LogP contribution in [0.2, 0.25) is 0 Å². The first-order valence-corrected chi connectivity index (χ1v) is 13.3. The van der Waals surface area contributed by atoms with Crippen LogP contribution in [-0.2, 0) is 18.7 Å². The minimum atomic E-state index is -0.375. The Labute approximate surface area is 235 Å². The fourth-order valence-corrected chi connectivity index (χ4v) is 5.14. The Morgan fingerprint density at radius 2 is 1.32 bits per heavy atom.